The van der Waals surface area contributed by atoms with E-state index in [4.69, 9.17) is 9.73 Å². The fraction of sp³-hybridized carbons (Fsp3) is 0.476. The van der Waals surface area contributed by atoms with Gasteiger partial charge in [0.2, 0.25) is 0 Å². The number of hydrogen-bond acceptors (Lipinski definition) is 3. The lowest BCUT2D eigenvalue weighted by Crippen LogP contribution is -2.39. The van der Waals surface area contributed by atoms with E-state index >= 15 is 0 Å². The first-order chi connectivity index (χ1) is 13.6. The third-order valence-corrected chi connectivity index (χ3v) is 5.35. The average molecular weight is 448 g/mol. The molecule has 2 heterocycles. The molecule has 1 fully saturated rings. The minimum atomic E-state index is 0.650. The zero-order chi connectivity index (χ0) is 19.9. The molecule has 2 aromatic rings. The van der Waals surface area contributed by atoms with Crippen molar-refractivity contribution in [2.75, 3.05) is 44.8 Å². The summed E-state index contributed by atoms with van der Waals surface area (Å²) in [6.45, 7) is 7.82. The molecule has 1 N–H and O–H groups in total. The lowest BCUT2D eigenvalue weighted by atomic mass is 10.1. The normalized spacial score (nSPS) is 15.0. The summed E-state index contributed by atoms with van der Waals surface area (Å²) in [6, 6.07) is 10.7. The number of halogens is 1. The zero-order valence-electron chi connectivity index (χ0n) is 17.0. The summed E-state index contributed by atoms with van der Waals surface area (Å²) >= 11 is 3.55. The van der Waals surface area contributed by atoms with Crippen LogP contribution >= 0.6 is 15.9 Å². The van der Waals surface area contributed by atoms with Crippen molar-refractivity contribution >= 4 is 27.6 Å². The van der Waals surface area contributed by atoms with Crippen LogP contribution in [0.4, 0.5) is 5.69 Å². The van der Waals surface area contributed by atoms with Gasteiger partial charge < -0.3 is 24.4 Å². The second-order valence-electron chi connectivity index (χ2n) is 7.01. The van der Waals surface area contributed by atoms with Crippen LogP contribution in [-0.4, -0.2) is 55.3 Å². The van der Waals surface area contributed by atoms with E-state index in [1.807, 2.05) is 0 Å². The summed E-state index contributed by atoms with van der Waals surface area (Å²) in [5, 5.41) is 3.42. The van der Waals surface area contributed by atoms with Crippen molar-refractivity contribution in [2.24, 2.45) is 12.0 Å². The van der Waals surface area contributed by atoms with Crippen molar-refractivity contribution in [1.29, 1.82) is 0 Å². The van der Waals surface area contributed by atoms with Crippen LogP contribution in [0, 0.1) is 0 Å². The Bertz CT molecular complexity index is 798. The minimum Gasteiger partial charge on any atom is -0.378 e. The van der Waals surface area contributed by atoms with E-state index in [1.165, 1.54) is 16.9 Å². The van der Waals surface area contributed by atoms with Gasteiger partial charge in [0.15, 0.2) is 5.96 Å². The van der Waals surface area contributed by atoms with Gasteiger partial charge in [0.25, 0.3) is 0 Å². The molecule has 1 aliphatic rings. The molecular weight excluding hydrogens is 418 g/mol. The van der Waals surface area contributed by atoms with Crippen LogP contribution in [0.2, 0.25) is 0 Å². The number of hydrogen-bond donors (Lipinski definition) is 1. The van der Waals surface area contributed by atoms with Gasteiger partial charge in [-0.15, -0.1) is 0 Å². The van der Waals surface area contributed by atoms with Crippen LogP contribution in [0.5, 0.6) is 0 Å². The highest BCUT2D eigenvalue weighted by Gasteiger charge is 2.15. The van der Waals surface area contributed by atoms with Gasteiger partial charge in [0, 0.05) is 55.8 Å². The predicted octanol–water partition coefficient (Wildman–Crippen LogP) is 3.22. The first-order valence-electron chi connectivity index (χ1n) is 9.79. The van der Waals surface area contributed by atoms with Crippen LogP contribution in [0.1, 0.15) is 18.2 Å². The molecule has 0 unspecified atom stereocenters. The molecule has 3 rings (SSSR count). The van der Waals surface area contributed by atoms with Crippen molar-refractivity contribution in [3.8, 4) is 0 Å². The number of nitrogens with zero attached hydrogens (tertiary/aromatic N) is 4. The Morgan fingerprint density at radius 3 is 2.71 bits per heavy atom. The Kier molecular flexibility index (Phi) is 7.39. The third-order valence-electron chi connectivity index (χ3n) is 4.91. The van der Waals surface area contributed by atoms with Gasteiger partial charge in [-0.25, -0.2) is 4.99 Å². The van der Waals surface area contributed by atoms with E-state index in [0.29, 0.717) is 6.54 Å². The van der Waals surface area contributed by atoms with Gasteiger partial charge in [0.05, 0.1) is 26.3 Å². The Labute approximate surface area is 176 Å². The molecule has 0 bridgehead atoms. The SMILES string of the molecule is CCNC(=NCc1ccccc1N1CCOCC1)N(C)Cc1cc(Br)cn1C. The van der Waals surface area contributed by atoms with Gasteiger partial charge in [-0.2, -0.15) is 0 Å². The van der Waals surface area contributed by atoms with Crippen molar-refractivity contribution in [3.63, 3.8) is 0 Å². The van der Waals surface area contributed by atoms with E-state index in [2.05, 4.69) is 93.2 Å². The maximum absolute atomic E-state index is 5.50. The first kappa shape index (κ1) is 20.7. The molecule has 0 atom stereocenters. The number of aliphatic imine (C=N–C) groups is 1. The number of guanidine groups is 1. The van der Waals surface area contributed by atoms with Gasteiger partial charge in [-0.1, -0.05) is 18.2 Å². The molecule has 0 amide bonds. The molecule has 7 heteroatoms. The van der Waals surface area contributed by atoms with Gasteiger partial charge in [-0.05, 0) is 40.5 Å². The second-order valence-corrected chi connectivity index (χ2v) is 7.93. The highest BCUT2D eigenvalue weighted by molar-refractivity contribution is 9.10. The molecule has 0 aliphatic carbocycles. The van der Waals surface area contributed by atoms with Crippen molar-refractivity contribution in [3.05, 3.63) is 52.3 Å². The molecule has 1 aliphatic heterocycles. The lowest BCUT2D eigenvalue weighted by Gasteiger charge is -2.30. The molecule has 0 spiro atoms. The molecule has 152 valence electrons. The molecule has 0 radical (unpaired) electrons. The molecule has 28 heavy (non-hydrogen) atoms. The molecule has 1 aromatic carbocycles. The molecule has 1 aromatic heterocycles. The smallest absolute Gasteiger partial charge is 0.194 e. The van der Waals surface area contributed by atoms with Gasteiger partial charge in [0.1, 0.15) is 0 Å². The molecule has 6 nitrogen and oxygen atoms in total. The Morgan fingerprint density at radius 1 is 1.29 bits per heavy atom. The fourth-order valence-electron chi connectivity index (χ4n) is 3.43. The van der Waals surface area contributed by atoms with E-state index < -0.39 is 0 Å². The minimum absolute atomic E-state index is 0.650. The van der Waals surface area contributed by atoms with Crippen LogP contribution in [-0.2, 0) is 24.9 Å². The van der Waals surface area contributed by atoms with E-state index in [0.717, 1.165) is 49.8 Å². The summed E-state index contributed by atoms with van der Waals surface area (Å²) in [6.07, 6.45) is 2.08. The third kappa shape index (κ3) is 5.29. The number of morpholine rings is 1. The highest BCUT2D eigenvalue weighted by atomic mass is 79.9. The Balaban J connectivity index is 1.74. The zero-order valence-corrected chi connectivity index (χ0v) is 18.6. The Morgan fingerprint density at radius 2 is 2.04 bits per heavy atom. The number of nitrogens with one attached hydrogen (secondary N) is 1. The standard InChI is InChI=1S/C21H30BrN5O/c1-4-23-21(26(3)16-19-13-18(22)15-25(19)2)24-14-17-7-5-6-8-20(17)27-9-11-28-12-10-27/h5-8,13,15H,4,9-12,14,16H2,1-3H3,(H,23,24). The van der Waals surface area contributed by atoms with Crippen molar-refractivity contribution in [1.82, 2.24) is 14.8 Å². The maximum atomic E-state index is 5.50. The van der Waals surface area contributed by atoms with E-state index in [1.54, 1.807) is 0 Å². The van der Waals surface area contributed by atoms with Crippen LogP contribution < -0.4 is 10.2 Å². The number of anilines is 1. The number of para-hydroxylation sites is 1. The topological polar surface area (TPSA) is 45.0 Å². The lowest BCUT2D eigenvalue weighted by molar-refractivity contribution is 0.122. The number of benzene rings is 1. The summed E-state index contributed by atoms with van der Waals surface area (Å²) in [4.78, 5) is 9.49. The monoisotopic (exact) mass is 447 g/mol. The second kappa shape index (κ2) is 9.98. The van der Waals surface area contributed by atoms with Crippen LogP contribution in [0.15, 0.2) is 46.0 Å². The highest BCUT2D eigenvalue weighted by Crippen LogP contribution is 2.22. The Hall–Kier alpha value is -1.99. The summed E-state index contributed by atoms with van der Waals surface area (Å²) in [5.74, 6) is 0.914. The van der Waals surface area contributed by atoms with Crippen molar-refractivity contribution in [2.45, 2.75) is 20.0 Å². The van der Waals surface area contributed by atoms with Gasteiger partial charge in [-0.3, -0.25) is 0 Å². The van der Waals surface area contributed by atoms with E-state index in [-0.39, 0.29) is 0 Å². The number of ether oxygens (including phenoxy) is 1. The largest absolute Gasteiger partial charge is 0.378 e. The molecular formula is C21H30BrN5O. The molecule has 1 saturated heterocycles. The summed E-state index contributed by atoms with van der Waals surface area (Å²) in [5.41, 5.74) is 3.74. The summed E-state index contributed by atoms with van der Waals surface area (Å²) < 4.78 is 8.73. The first-order valence-corrected chi connectivity index (χ1v) is 10.6. The van der Waals surface area contributed by atoms with E-state index in [9.17, 15) is 0 Å². The summed E-state index contributed by atoms with van der Waals surface area (Å²) in [7, 11) is 4.15. The van der Waals surface area contributed by atoms with Crippen LogP contribution in [0.25, 0.3) is 0 Å². The maximum Gasteiger partial charge on any atom is 0.194 e. The van der Waals surface area contributed by atoms with Crippen molar-refractivity contribution < 1.29 is 4.74 Å². The number of aryl methyl sites for hydroxylation is 1. The number of rotatable bonds is 6. The fourth-order valence-corrected chi connectivity index (χ4v) is 4.00. The average Bonchev–Trinajstić information content (AvgIpc) is 3.02. The van der Waals surface area contributed by atoms with Gasteiger partial charge >= 0.3 is 0 Å². The quantitative estimate of drug-likeness (QED) is 0.545. The molecule has 0 saturated carbocycles. The predicted molar refractivity (Wildman–Crippen MR) is 119 cm³/mol. The number of aromatic nitrogens is 1. The van der Waals surface area contributed by atoms with Crippen LogP contribution in [0.3, 0.4) is 0 Å².